The number of ether oxygens (including phenoxy) is 2. The number of aryl methyl sites for hydroxylation is 1. The highest BCUT2D eigenvalue weighted by atomic mass is 16.6. The summed E-state index contributed by atoms with van der Waals surface area (Å²) in [7, 11) is 1.98. The minimum absolute atomic E-state index is 0.0589. The van der Waals surface area contributed by atoms with Gasteiger partial charge in [-0.15, -0.1) is 0 Å². The molecule has 1 aliphatic carbocycles. The number of fused-ring (bicyclic) bond motifs is 2. The third kappa shape index (κ3) is 4.80. The number of amides is 1. The second-order valence-electron chi connectivity index (χ2n) is 11.3. The molecule has 11 heteroatoms. The van der Waals surface area contributed by atoms with E-state index in [1.54, 1.807) is 4.90 Å². The van der Waals surface area contributed by atoms with E-state index < -0.39 is 5.60 Å². The number of imidazole rings is 1. The normalized spacial score (nSPS) is 22.7. The molecule has 0 N–H and O–H groups in total. The number of nitrogens with zero attached hydrogens (tertiary/aromatic N) is 8. The Morgan fingerprint density at radius 1 is 1.13 bits per heavy atom. The molecule has 2 unspecified atom stereocenters. The lowest BCUT2D eigenvalue weighted by Gasteiger charge is -2.35. The highest BCUT2D eigenvalue weighted by Gasteiger charge is 2.37. The fourth-order valence-corrected chi connectivity index (χ4v) is 5.32. The monoisotopic (exact) mass is 532 g/mol. The third-order valence-electron chi connectivity index (χ3n) is 7.29. The van der Waals surface area contributed by atoms with Crippen molar-refractivity contribution in [3.63, 3.8) is 0 Å². The number of aliphatic imine (C=N–C) groups is 1. The molecule has 2 fully saturated rings. The van der Waals surface area contributed by atoms with E-state index >= 15 is 0 Å². The van der Waals surface area contributed by atoms with Gasteiger partial charge in [0.2, 0.25) is 5.95 Å². The molecule has 3 aliphatic heterocycles. The van der Waals surface area contributed by atoms with E-state index in [1.807, 2.05) is 38.5 Å². The average Bonchev–Trinajstić information content (AvgIpc) is 3.42. The molecule has 0 radical (unpaired) electrons. The van der Waals surface area contributed by atoms with Crippen LogP contribution >= 0.6 is 0 Å². The first-order valence-electron chi connectivity index (χ1n) is 13.7. The Labute approximate surface area is 228 Å². The molecule has 0 spiro atoms. The van der Waals surface area contributed by atoms with Crippen LogP contribution in [0.4, 0.5) is 16.6 Å². The predicted molar refractivity (Wildman–Crippen MR) is 151 cm³/mol. The van der Waals surface area contributed by atoms with E-state index in [0.29, 0.717) is 32.3 Å². The second-order valence-corrected chi connectivity index (χ2v) is 11.3. The van der Waals surface area contributed by atoms with Crippen LogP contribution in [0.5, 0.6) is 0 Å². The van der Waals surface area contributed by atoms with Crippen LogP contribution in [-0.2, 0) is 16.5 Å². The van der Waals surface area contributed by atoms with Gasteiger partial charge in [0.05, 0.1) is 25.3 Å². The molecule has 2 aromatic heterocycles. The van der Waals surface area contributed by atoms with Crippen LogP contribution < -0.4 is 9.80 Å². The van der Waals surface area contributed by atoms with Crippen molar-refractivity contribution < 1.29 is 14.3 Å². The molecular formula is C28H36N8O3. The highest BCUT2D eigenvalue weighted by molar-refractivity contribution is 6.01. The van der Waals surface area contributed by atoms with Crippen molar-refractivity contribution in [1.82, 2.24) is 24.4 Å². The summed E-state index contributed by atoms with van der Waals surface area (Å²) in [5.41, 5.74) is 2.14. The molecule has 11 nitrogen and oxygen atoms in total. The summed E-state index contributed by atoms with van der Waals surface area (Å²) in [4.78, 5) is 38.6. The first kappa shape index (κ1) is 25.5. The highest BCUT2D eigenvalue weighted by Crippen LogP contribution is 2.33. The number of rotatable bonds is 4. The van der Waals surface area contributed by atoms with Crippen LogP contribution in [-0.4, -0.2) is 93.4 Å². The van der Waals surface area contributed by atoms with Gasteiger partial charge in [-0.25, -0.2) is 9.78 Å². The van der Waals surface area contributed by atoms with Gasteiger partial charge < -0.3 is 23.8 Å². The van der Waals surface area contributed by atoms with Gasteiger partial charge in [-0.2, -0.15) is 9.97 Å². The summed E-state index contributed by atoms with van der Waals surface area (Å²) < 4.78 is 13.1. The van der Waals surface area contributed by atoms with E-state index in [1.165, 1.54) is 0 Å². The van der Waals surface area contributed by atoms with Crippen molar-refractivity contribution in [2.45, 2.75) is 51.8 Å². The Morgan fingerprint density at radius 3 is 2.59 bits per heavy atom. The van der Waals surface area contributed by atoms with Crippen molar-refractivity contribution in [1.29, 1.82) is 0 Å². The lowest BCUT2D eigenvalue weighted by atomic mass is 10.0. The van der Waals surface area contributed by atoms with E-state index in [4.69, 9.17) is 29.4 Å². The van der Waals surface area contributed by atoms with Crippen LogP contribution in [0.3, 0.4) is 0 Å². The molecule has 1 amide bonds. The van der Waals surface area contributed by atoms with E-state index in [0.717, 1.165) is 53.7 Å². The van der Waals surface area contributed by atoms with Gasteiger partial charge in [0, 0.05) is 39.6 Å². The Morgan fingerprint density at radius 2 is 1.87 bits per heavy atom. The number of anilines is 2. The molecule has 2 saturated heterocycles. The van der Waals surface area contributed by atoms with E-state index in [-0.39, 0.29) is 18.2 Å². The zero-order chi connectivity index (χ0) is 27.3. The van der Waals surface area contributed by atoms with E-state index in [2.05, 4.69) is 41.0 Å². The van der Waals surface area contributed by atoms with Crippen LogP contribution in [0.1, 0.15) is 39.9 Å². The molecule has 2 aromatic rings. The van der Waals surface area contributed by atoms with Crippen molar-refractivity contribution >= 4 is 40.9 Å². The van der Waals surface area contributed by atoms with Crippen molar-refractivity contribution in [3.8, 4) is 0 Å². The van der Waals surface area contributed by atoms with Gasteiger partial charge in [0.1, 0.15) is 17.3 Å². The Kier molecular flexibility index (Phi) is 6.41. The lowest BCUT2D eigenvalue weighted by molar-refractivity contribution is 0.0216. The maximum absolute atomic E-state index is 12.4. The van der Waals surface area contributed by atoms with Gasteiger partial charge in [-0.1, -0.05) is 31.2 Å². The molecule has 0 saturated carbocycles. The van der Waals surface area contributed by atoms with Gasteiger partial charge in [0.25, 0.3) is 0 Å². The van der Waals surface area contributed by atoms with Crippen molar-refractivity contribution in [2.24, 2.45) is 12.0 Å². The molecule has 2 atom stereocenters. The molecule has 0 bridgehead atoms. The fourth-order valence-electron chi connectivity index (χ4n) is 5.32. The lowest BCUT2D eigenvalue weighted by Crippen LogP contribution is -2.46. The summed E-state index contributed by atoms with van der Waals surface area (Å²) in [6.45, 7) is 11.6. The van der Waals surface area contributed by atoms with Gasteiger partial charge in [0.15, 0.2) is 17.0 Å². The molecule has 5 heterocycles. The summed E-state index contributed by atoms with van der Waals surface area (Å²) >= 11 is 0. The van der Waals surface area contributed by atoms with Crippen molar-refractivity contribution in [3.05, 3.63) is 35.7 Å². The SMILES string of the molecule is CCC1=NC2C=CC=CC2N1c1nc(N2CCOCC2)c2nc(C=C3CN(C(=O)OC(C)(C)C)C3)n(C)c2n1. The molecular weight excluding hydrogens is 496 g/mol. The number of carbonyl (C=O) groups excluding carboxylic acids is 1. The van der Waals surface area contributed by atoms with Crippen LogP contribution in [0.25, 0.3) is 17.2 Å². The predicted octanol–water partition coefficient (Wildman–Crippen LogP) is 3.33. The maximum atomic E-state index is 12.4. The van der Waals surface area contributed by atoms with Gasteiger partial charge in [-0.05, 0) is 32.4 Å². The first-order chi connectivity index (χ1) is 18.7. The Hall–Kier alpha value is -3.73. The standard InChI is InChI=1S/C28H36N8O3/c1-6-21-29-19-9-7-8-10-20(19)36(21)26-31-24-23(25(32-26)34-11-13-38-14-12-34)30-22(33(24)5)15-18-16-35(17-18)27(37)39-28(2,3)4/h7-10,15,19-20H,6,11-14,16-17H2,1-5H3. The minimum Gasteiger partial charge on any atom is -0.444 e. The third-order valence-corrected chi connectivity index (χ3v) is 7.29. The topological polar surface area (TPSA) is 101 Å². The fraction of sp³-hybridized carbons (Fsp3) is 0.536. The molecule has 39 heavy (non-hydrogen) atoms. The number of hydrogen-bond acceptors (Lipinski definition) is 9. The number of allylic oxidation sites excluding steroid dienone is 2. The number of hydrogen-bond donors (Lipinski definition) is 0. The largest absolute Gasteiger partial charge is 0.444 e. The van der Waals surface area contributed by atoms with Gasteiger partial charge in [-0.3, -0.25) is 9.89 Å². The second kappa shape index (κ2) is 9.78. The van der Waals surface area contributed by atoms with Crippen LogP contribution in [0.2, 0.25) is 0 Å². The smallest absolute Gasteiger partial charge is 0.410 e. The summed E-state index contributed by atoms with van der Waals surface area (Å²) in [5, 5.41) is 0. The number of aromatic nitrogens is 4. The molecule has 206 valence electrons. The van der Waals surface area contributed by atoms with Crippen molar-refractivity contribution in [2.75, 3.05) is 49.2 Å². The summed E-state index contributed by atoms with van der Waals surface area (Å²) in [6, 6.07) is 0.123. The number of likely N-dealkylation sites (tertiary alicyclic amines) is 1. The zero-order valence-corrected chi connectivity index (χ0v) is 23.3. The Balaban J connectivity index is 1.36. The summed E-state index contributed by atoms with van der Waals surface area (Å²) in [5.74, 6) is 3.22. The number of morpholine rings is 1. The van der Waals surface area contributed by atoms with Gasteiger partial charge >= 0.3 is 6.09 Å². The zero-order valence-electron chi connectivity index (χ0n) is 23.3. The minimum atomic E-state index is -0.512. The maximum Gasteiger partial charge on any atom is 0.410 e. The summed E-state index contributed by atoms with van der Waals surface area (Å²) in [6.07, 6.45) is 11.0. The molecule has 0 aromatic carbocycles. The quantitative estimate of drug-likeness (QED) is 0.591. The Bertz CT molecular complexity index is 1400. The van der Waals surface area contributed by atoms with Crippen LogP contribution in [0, 0.1) is 0 Å². The van der Waals surface area contributed by atoms with Crippen LogP contribution in [0.15, 0.2) is 34.9 Å². The molecule has 4 aliphatic rings. The first-order valence-corrected chi connectivity index (χ1v) is 13.7. The number of amidine groups is 1. The number of carbonyl (C=O) groups is 1. The van der Waals surface area contributed by atoms with E-state index in [9.17, 15) is 4.79 Å². The average molecular weight is 533 g/mol. The molecule has 6 rings (SSSR count).